The van der Waals surface area contributed by atoms with Crippen molar-refractivity contribution < 1.29 is 9.47 Å². The first-order chi connectivity index (χ1) is 9.76. The molecule has 2 heterocycles. The number of benzene rings is 1. The molecule has 3 heteroatoms. The molecule has 0 aromatic heterocycles. The van der Waals surface area contributed by atoms with Crippen LogP contribution in [0.15, 0.2) is 41.7 Å². The van der Waals surface area contributed by atoms with E-state index in [0.29, 0.717) is 0 Å². The van der Waals surface area contributed by atoms with Crippen molar-refractivity contribution in [2.75, 3.05) is 18.1 Å². The molecule has 0 N–H and O–H groups in total. The van der Waals surface area contributed by atoms with Crippen LogP contribution in [0.5, 0.6) is 5.75 Å². The van der Waals surface area contributed by atoms with Crippen LogP contribution in [0.25, 0.3) is 0 Å². The molecule has 0 saturated carbocycles. The summed E-state index contributed by atoms with van der Waals surface area (Å²) in [6.07, 6.45) is 5.52. The molecule has 1 aliphatic carbocycles. The molecule has 0 radical (unpaired) electrons. The third-order valence-corrected chi connectivity index (χ3v) is 4.34. The quantitative estimate of drug-likeness (QED) is 0.781. The van der Waals surface area contributed by atoms with E-state index in [9.17, 15) is 0 Å². The predicted molar refractivity (Wildman–Crippen MR) is 79.1 cm³/mol. The second kappa shape index (κ2) is 4.30. The first-order valence-electron chi connectivity index (χ1n) is 7.35. The molecule has 1 saturated heterocycles. The Bertz CT molecular complexity index is 617. The summed E-state index contributed by atoms with van der Waals surface area (Å²) in [4.78, 5) is 2.44. The summed E-state index contributed by atoms with van der Waals surface area (Å²) < 4.78 is 12.1. The number of ether oxygens (including phenoxy) is 2. The van der Waals surface area contributed by atoms with Crippen molar-refractivity contribution in [3.8, 4) is 5.75 Å². The zero-order valence-electron chi connectivity index (χ0n) is 11.9. The summed E-state index contributed by atoms with van der Waals surface area (Å²) in [7, 11) is 0. The fraction of sp³-hybridized carbons (Fsp3) is 0.412. The first-order valence-corrected chi connectivity index (χ1v) is 7.35. The van der Waals surface area contributed by atoms with Crippen LogP contribution in [-0.4, -0.2) is 25.3 Å². The van der Waals surface area contributed by atoms with Gasteiger partial charge in [-0.25, -0.2) is 0 Å². The lowest BCUT2D eigenvalue weighted by molar-refractivity contribution is 0.105. The molecule has 0 spiro atoms. The van der Waals surface area contributed by atoms with E-state index in [-0.39, 0.29) is 12.1 Å². The van der Waals surface area contributed by atoms with Crippen LogP contribution in [0.3, 0.4) is 0 Å². The summed E-state index contributed by atoms with van der Waals surface area (Å²) >= 11 is 0. The molecular weight excluding hydrogens is 250 g/mol. The van der Waals surface area contributed by atoms with E-state index in [1.807, 2.05) is 0 Å². The zero-order valence-corrected chi connectivity index (χ0v) is 11.9. The van der Waals surface area contributed by atoms with Gasteiger partial charge in [-0.1, -0.05) is 13.0 Å². The summed E-state index contributed by atoms with van der Waals surface area (Å²) in [5.74, 6) is 2.06. The fourth-order valence-corrected chi connectivity index (χ4v) is 3.33. The number of aryl methyl sites for hydroxylation is 1. The predicted octanol–water partition coefficient (Wildman–Crippen LogP) is 3.20. The van der Waals surface area contributed by atoms with E-state index < -0.39 is 0 Å². The van der Waals surface area contributed by atoms with Crippen LogP contribution in [0.4, 0.5) is 5.69 Å². The van der Waals surface area contributed by atoms with Gasteiger partial charge in [-0.3, -0.25) is 0 Å². The second-order valence-electron chi connectivity index (χ2n) is 5.68. The van der Waals surface area contributed by atoms with Gasteiger partial charge < -0.3 is 14.4 Å². The van der Waals surface area contributed by atoms with Crippen LogP contribution in [0, 0.1) is 6.92 Å². The van der Waals surface area contributed by atoms with E-state index >= 15 is 0 Å². The molecule has 2 aliphatic heterocycles. The van der Waals surface area contributed by atoms with Gasteiger partial charge in [0, 0.05) is 0 Å². The highest BCUT2D eigenvalue weighted by Crippen LogP contribution is 2.42. The maximum absolute atomic E-state index is 6.22. The molecule has 2 atom stereocenters. The van der Waals surface area contributed by atoms with Gasteiger partial charge in [-0.05, 0) is 48.8 Å². The molecule has 0 amide bonds. The van der Waals surface area contributed by atoms with Crippen molar-refractivity contribution in [1.29, 1.82) is 0 Å². The molecule has 4 rings (SSSR count). The smallest absolute Gasteiger partial charge is 0.145 e. The molecule has 3 nitrogen and oxygen atoms in total. The van der Waals surface area contributed by atoms with Gasteiger partial charge in [0.05, 0.1) is 12.2 Å². The highest BCUT2D eigenvalue weighted by atomic mass is 16.5. The number of hydrogen-bond acceptors (Lipinski definition) is 3. The van der Waals surface area contributed by atoms with Crippen LogP contribution < -0.4 is 9.64 Å². The highest BCUT2D eigenvalue weighted by Gasteiger charge is 2.42. The third-order valence-electron chi connectivity index (χ3n) is 4.34. The average molecular weight is 269 g/mol. The lowest BCUT2D eigenvalue weighted by atomic mass is 9.92. The maximum atomic E-state index is 6.22. The number of fused-ring (bicyclic) bond motifs is 2. The SMILES string of the molecule is CCC1=CC2Oc3ccc(C)cc3N3CCOC(=C1)C23. The van der Waals surface area contributed by atoms with Gasteiger partial charge in [0.1, 0.15) is 30.3 Å². The second-order valence-corrected chi connectivity index (χ2v) is 5.68. The van der Waals surface area contributed by atoms with Crippen molar-refractivity contribution >= 4 is 5.69 Å². The van der Waals surface area contributed by atoms with Crippen molar-refractivity contribution in [1.82, 2.24) is 0 Å². The van der Waals surface area contributed by atoms with Crippen molar-refractivity contribution in [3.05, 3.63) is 47.2 Å². The molecule has 3 aliphatic rings. The van der Waals surface area contributed by atoms with Gasteiger partial charge in [0.25, 0.3) is 0 Å². The number of rotatable bonds is 1. The Labute approximate surface area is 119 Å². The first kappa shape index (κ1) is 11.9. The number of nitrogens with zero attached hydrogens (tertiary/aromatic N) is 1. The Balaban J connectivity index is 1.83. The monoisotopic (exact) mass is 269 g/mol. The van der Waals surface area contributed by atoms with Gasteiger partial charge in [-0.15, -0.1) is 0 Å². The fourth-order valence-electron chi connectivity index (χ4n) is 3.33. The summed E-state index contributed by atoms with van der Waals surface area (Å²) in [6, 6.07) is 6.62. The van der Waals surface area contributed by atoms with Crippen LogP contribution in [0.1, 0.15) is 18.9 Å². The van der Waals surface area contributed by atoms with Gasteiger partial charge in [0.15, 0.2) is 0 Å². The molecule has 2 unspecified atom stereocenters. The molecule has 104 valence electrons. The van der Waals surface area contributed by atoms with E-state index in [2.05, 4.69) is 49.1 Å². The largest absolute Gasteiger partial charge is 0.494 e. The minimum atomic E-state index is 0.0699. The van der Waals surface area contributed by atoms with Gasteiger partial charge in [0.2, 0.25) is 0 Å². The van der Waals surface area contributed by atoms with Crippen molar-refractivity contribution in [2.45, 2.75) is 32.4 Å². The van der Waals surface area contributed by atoms with E-state index in [1.165, 1.54) is 16.8 Å². The summed E-state index contributed by atoms with van der Waals surface area (Å²) in [5.41, 5.74) is 3.77. The van der Waals surface area contributed by atoms with Crippen molar-refractivity contribution in [3.63, 3.8) is 0 Å². The Morgan fingerprint density at radius 1 is 1.35 bits per heavy atom. The molecule has 1 fully saturated rings. The third kappa shape index (κ3) is 1.65. The summed E-state index contributed by atoms with van der Waals surface area (Å²) in [6.45, 7) is 5.97. The normalized spacial score (nSPS) is 26.6. The maximum Gasteiger partial charge on any atom is 0.145 e. The molecule has 1 aromatic rings. The number of anilines is 1. The van der Waals surface area contributed by atoms with Crippen LogP contribution >= 0.6 is 0 Å². The van der Waals surface area contributed by atoms with Crippen LogP contribution in [-0.2, 0) is 4.74 Å². The Morgan fingerprint density at radius 2 is 2.25 bits per heavy atom. The van der Waals surface area contributed by atoms with E-state index in [4.69, 9.17) is 9.47 Å². The highest BCUT2D eigenvalue weighted by molar-refractivity contribution is 5.65. The Hall–Kier alpha value is -1.90. The molecule has 1 aromatic carbocycles. The zero-order chi connectivity index (χ0) is 13.7. The lowest BCUT2D eigenvalue weighted by Gasteiger charge is -2.47. The molecular formula is C17H19NO2. The number of hydrogen-bond donors (Lipinski definition) is 0. The van der Waals surface area contributed by atoms with Gasteiger partial charge in [-0.2, -0.15) is 0 Å². The summed E-state index contributed by atoms with van der Waals surface area (Å²) in [5, 5.41) is 0. The Morgan fingerprint density at radius 3 is 3.10 bits per heavy atom. The molecule has 0 bridgehead atoms. The standard InChI is InChI=1S/C17H19NO2/c1-3-12-9-15-17-16(10-12)20-14-5-4-11(2)8-13(14)18(17)6-7-19-15/h4-5,8-10,16-17H,3,6-7H2,1-2H3. The average Bonchev–Trinajstić information content (AvgIpc) is 2.48. The Kier molecular flexibility index (Phi) is 2.56. The van der Waals surface area contributed by atoms with Crippen molar-refractivity contribution in [2.24, 2.45) is 0 Å². The lowest BCUT2D eigenvalue weighted by Crippen LogP contribution is -2.55. The van der Waals surface area contributed by atoms with Crippen LogP contribution in [0.2, 0.25) is 0 Å². The molecule has 20 heavy (non-hydrogen) atoms. The van der Waals surface area contributed by atoms with E-state index in [0.717, 1.165) is 31.1 Å². The topological polar surface area (TPSA) is 21.7 Å². The minimum Gasteiger partial charge on any atom is -0.494 e. The minimum absolute atomic E-state index is 0.0699. The number of allylic oxidation sites excluding steroid dienone is 2. The van der Waals surface area contributed by atoms with Gasteiger partial charge >= 0.3 is 0 Å². The number of morpholine rings is 1. The van der Waals surface area contributed by atoms with E-state index in [1.54, 1.807) is 0 Å².